The molecular weight excluding hydrogens is 360 g/mol. The minimum atomic E-state index is -1.29. The number of nitro groups is 1. The normalized spacial score (nSPS) is 11.0. The van der Waals surface area contributed by atoms with Crippen LogP contribution in [0.5, 0.6) is 0 Å². The summed E-state index contributed by atoms with van der Waals surface area (Å²) in [6.07, 6.45) is 7.45. The first-order valence-corrected chi connectivity index (χ1v) is 7.68. The quantitative estimate of drug-likeness (QED) is 0.541. The number of halogens is 1. The minimum Gasteiger partial charge on any atom is -0.478 e. The maximum absolute atomic E-state index is 11.3. The van der Waals surface area contributed by atoms with Crippen LogP contribution in [-0.2, 0) is 0 Å². The molecule has 0 aliphatic heterocycles. The summed E-state index contributed by atoms with van der Waals surface area (Å²) in [5.41, 5.74) is 1.00. The summed E-state index contributed by atoms with van der Waals surface area (Å²) in [4.78, 5) is 25.2. The largest absolute Gasteiger partial charge is 0.478 e. The highest BCUT2D eigenvalue weighted by molar-refractivity contribution is 6.30. The monoisotopic (exact) mass is 370 g/mol. The minimum absolute atomic E-state index is 0.113. The van der Waals surface area contributed by atoms with Crippen molar-refractivity contribution in [1.29, 1.82) is 0 Å². The molecule has 0 aliphatic rings. The molecule has 0 aliphatic carbocycles. The zero-order valence-electron chi connectivity index (χ0n) is 13.1. The van der Waals surface area contributed by atoms with Gasteiger partial charge >= 0.3 is 5.97 Å². The Morgan fingerprint density at radius 3 is 2.62 bits per heavy atom. The van der Waals surface area contributed by atoms with Crippen molar-refractivity contribution in [3.05, 3.63) is 80.9 Å². The highest BCUT2D eigenvalue weighted by Crippen LogP contribution is 2.18. The van der Waals surface area contributed by atoms with Gasteiger partial charge in [-0.1, -0.05) is 11.6 Å². The zero-order chi connectivity index (χ0) is 18.7. The van der Waals surface area contributed by atoms with Gasteiger partial charge in [0, 0.05) is 22.8 Å². The lowest BCUT2D eigenvalue weighted by Gasteiger charge is -2.00. The predicted octanol–water partition coefficient (Wildman–Crippen LogP) is 3.70. The Kier molecular flexibility index (Phi) is 4.76. The van der Waals surface area contributed by atoms with Crippen LogP contribution >= 0.6 is 11.6 Å². The van der Waals surface area contributed by atoms with E-state index in [0.29, 0.717) is 10.6 Å². The number of aromatic nitrogens is 3. The maximum Gasteiger partial charge on any atom is 0.338 e. The van der Waals surface area contributed by atoms with Gasteiger partial charge < -0.3 is 5.11 Å². The highest BCUT2D eigenvalue weighted by Gasteiger charge is 2.15. The molecule has 8 nitrogen and oxygen atoms in total. The number of benzene rings is 1. The number of rotatable bonds is 5. The van der Waals surface area contributed by atoms with Crippen LogP contribution in [0.15, 0.2) is 48.9 Å². The third-order valence-corrected chi connectivity index (χ3v) is 3.72. The van der Waals surface area contributed by atoms with Crippen LogP contribution in [0, 0.1) is 10.1 Å². The molecule has 1 N–H and O–H groups in total. The summed E-state index contributed by atoms with van der Waals surface area (Å²) in [6, 6.07) is 8.08. The van der Waals surface area contributed by atoms with E-state index < -0.39 is 10.9 Å². The van der Waals surface area contributed by atoms with Crippen LogP contribution in [0.2, 0.25) is 5.02 Å². The molecule has 0 saturated carbocycles. The Morgan fingerprint density at radius 1 is 1.23 bits per heavy atom. The molecule has 0 atom stereocenters. The van der Waals surface area contributed by atoms with Crippen molar-refractivity contribution in [2.24, 2.45) is 0 Å². The van der Waals surface area contributed by atoms with Gasteiger partial charge in [0.15, 0.2) is 0 Å². The first kappa shape index (κ1) is 17.3. The van der Waals surface area contributed by atoms with E-state index in [1.807, 2.05) is 12.1 Å². The molecule has 0 fully saturated rings. The summed E-state index contributed by atoms with van der Waals surface area (Å²) >= 11 is 5.86. The number of carboxylic acids is 1. The zero-order valence-corrected chi connectivity index (χ0v) is 13.9. The van der Waals surface area contributed by atoms with E-state index in [2.05, 4.69) is 10.1 Å². The Hall–Kier alpha value is -3.52. The van der Waals surface area contributed by atoms with Crippen LogP contribution in [-0.4, -0.2) is 30.8 Å². The van der Waals surface area contributed by atoms with Gasteiger partial charge in [-0.05, 0) is 36.4 Å². The smallest absolute Gasteiger partial charge is 0.338 e. The average molecular weight is 371 g/mol. The second-order valence-corrected chi connectivity index (χ2v) is 5.65. The number of hydrogen-bond donors (Lipinski definition) is 1. The molecule has 9 heteroatoms. The molecule has 26 heavy (non-hydrogen) atoms. The lowest BCUT2D eigenvalue weighted by atomic mass is 10.1. The Morgan fingerprint density at radius 2 is 1.96 bits per heavy atom. The second kappa shape index (κ2) is 7.16. The number of pyridine rings is 1. The van der Waals surface area contributed by atoms with Crippen molar-refractivity contribution in [3.63, 3.8) is 0 Å². The van der Waals surface area contributed by atoms with E-state index in [0.717, 1.165) is 18.0 Å². The average Bonchev–Trinajstić information content (AvgIpc) is 3.09. The lowest BCUT2D eigenvalue weighted by Crippen LogP contribution is -2.03. The van der Waals surface area contributed by atoms with Crippen molar-refractivity contribution >= 4 is 35.4 Å². The van der Waals surface area contributed by atoms with Crippen molar-refractivity contribution < 1.29 is 14.8 Å². The first-order valence-electron chi connectivity index (χ1n) is 7.30. The van der Waals surface area contributed by atoms with E-state index in [1.54, 1.807) is 35.3 Å². The Balaban J connectivity index is 1.87. The molecule has 0 unspecified atom stereocenters. The van der Waals surface area contributed by atoms with E-state index in [1.165, 1.54) is 6.08 Å². The third-order valence-electron chi connectivity index (χ3n) is 3.47. The standard InChI is InChI=1S/C17H11ClN4O4/c18-12-2-4-13(5-3-12)21-10-11(8-20-21)1-6-16-15(17(23)24)7-14(9-19-16)22(25)26/h1-10H,(H,23,24). The third kappa shape index (κ3) is 3.76. The molecule has 2 heterocycles. The molecule has 3 rings (SSSR count). The van der Waals surface area contributed by atoms with Crippen LogP contribution in [0.1, 0.15) is 21.6 Å². The van der Waals surface area contributed by atoms with E-state index in [4.69, 9.17) is 11.6 Å². The lowest BCUT2D eigenvalue weighted by molar-refractivity contribution is -0.385. The highest BCUT2D eigenvalue weighted by atomic mass is 35.5. The molecule has 130 valence electrons. The summed E-state index contributed by atoms with van der Waals surface area (Å²) in [5, 5.41) is 24.8. The number of carbonyl (C=O) groups is 1. The van der Waals surface area contributed by atoms with Crippen molar-refractivity contribution in [3.8, 4) is 5.69 Å². The van der Waals surface area contributed by atoms with Crippen LogP contribution in [0.25, 0.3) is 17.8 Å². The first-order chi connectivity index (χ1) is 12.4. The fourth-order valence-electron chi connectivity index (χ4n) is 2.20. The van der Waals surface area contributed by atoms with Gasteiger partial charge in [0.2, 0.25) is 0 Å². The molecule has 0 spiro atoms. The summed E-state index contributed by atoms with van der Waals surface area (Å²) < 4.78 is 1.64. The fraction of sp³-hybridized carbons (Fsp3) is 0. The molecule has 0 amide bonds. The fourth-order valence-corrected chi connectivity index (χ4v) is 2.33. The molecule has 0 radical (unpaired) electrons. The SMILES string of the molecule is O=C(O)c1cc([N+](=O)[O-])cnc1C=Cc1cnn(-c2ccc(Cl)cc2)c1. The molecular formula is C17H11ClN4O4. The van der Waals surface area contributed by atoms with Crippen LogP contribution < -0.4 is 0 Å². The number of aromatic carboxylic acids is 1. The summed E-state index contributed by atoms with van der Waals surface area (Å²) in [5.74, 6) is -1.29. The van der Waals surface area contributed by atoms with Gasteiger partial charge in [-0.25, -0.2) is 14.5 Å². The number of carboxylic acid groups (broad SMARTS) is 1. The van der Waals surface area contributed by atoms with Gasteiger partial charge in [-0.3, -0.25) is 10.1 Å². The van der Waals surface area contributed by atoms with Crippen LogP contribution in [0.3, 0.4) is 0 Å². The Bertz CT molecular complexity index is 1010. The van der Waals surface area contributed by atoms with Gasteiger partial charge in [-0.2, -0.15) is 5.10 Å². The van der Waals surface area contributed by atoms with Gasteiger partial charge in [0.1, 0.15) is 6.20 Å². The van der Waals surface area contributed by atoms with Crippen molar-refractivity contribution in [1.82, 2.24) is 14.8 Å². The summed E-state index contributed by atoms with van der Waals surface area (Å²) in [7, 11) is 0. The van der Waals surface area contributed by atoms with E-state index in [-0.39, 0.29) is 16.9 Å². The molecule has 0 bridgehead atoms. The second-order valence-electron chi connectivity index (χ2n) is 5.22. The predicted molar refractivity (Wildman–Crippen MR) is 95.4 cm³/mol. The molecule has 3 aromatic rings. The van der Waals surface area contributed by atoms with Crippen molar-refractivity contribution in [2.45, 2.75) is 0 Å². The van der Waals surface area contributed by atoms with E-state index in [9.17, 15) is 20.0 Å². The maximum atomic E-state index is 11.3. The van der Waals surface area contributed by atoms with E-state index >= 15 is 0 Å². The van der Waals surface area contributed by atoms with Gasteiger partial charge in [-0.15, -0.1) is 0 Å². The van der Waals surface area contributed by atoms with Gasteiger partial charge in [0.25, 0.3) is 5.69 Å². The number of nitrogens with zero attached hydrogens (tertiary/aromatic N) is 4. The van der Waals surface area contributed by atoms with Gasteiger partial charge in [0.05, 0.1) is 28.1 Å². The molecule has 0 saturated heterocycles. The topological polar surface area (TPSA) is 111 Å². The molecule has 2 aromatic heterocycles. The summed E-state index contributed by atoms with van der Waals surface area (Å²) in [6.45, 7) is 0. The number of hydrogen-bond acceptors (Lipinski definition) is 5. The Labute approximate surface area is 152 Å². The van der Waals surface area contributed by atoms with Crippen molar-refractivity contribution in [2.75, 3.05) is 0 Å². The molecule has 1 aromatic carbocycles. The van der Waals surface area contributed by atoms with Crippen LogP contribution in [0.4, 0.5) is 5.69 Å².